The molecule has 0 saturated carbocycles. The van der Waals surface area contributed by atoms with Crippen molar-refractivity contribution in [2.45, 2.75) is 38.1 Å². The van der Waals surface area contributed by atoms with Crippen LogP contribution in [0.3, 0.4) is 0 Å². The van der Waals surface area contributed by atoms with Crippen LogP contribution in [0.1, 0.15) is 37.7 Å². The van der Waals surface area contributed by atoms with Crippen molar-refractivity contribution >= 4 is 0 Å². The van der Waals surface area contributed by atoms with E-state index in [0.717, 1.165) is 12.0 Å². The van der Waals surface area contributed by atoms with Crippen LogP contribution in [0.2, 0.25) is 0 Å². The van der Waals surface area contributed by atoms with Crippen molar-refractivity contribution in [3.8, 4) is 0 Å². The van der Waals surface area contributed by atoms with E-state index in [0.29, 0.717) is 0 Å². The van der Waals surface area contributed by atoms with Crippen molar-refractivity contribution in [2.75, 3.05) is 6.54 Å². The van der Waals surface area contributed by atoms with Crippen molar-refractivity contribution in [1.29, 1.82) is 0 Å². The summed E-state index contributed by atoms with van der Waals surface area (Å²) in [6, 6.07) is 11.7. The van der Waals surface area contributed by atoms with Gasteiger partial charge in [-0.15, -0.1) is 0 Å². The third-order valence-corrected chi connectivity index (χ3v) is 3.26. The summed E-state index contributed by atoms with van der Waals surface area (Å²) in [6.45, 7) is 3.45. The Kier molecular flexibility index (Phi) is 3.20. The highest BCUT2D eigenvalue weighted by molar-refractivity contribution is 5.20. The van der Waals surface area contributed by atoms with Crippen LogP contribution in [-0.2, 0) is 0 Å². The van der Waals surface area contributed by atoms with Gasteiger partial charge in [0.05, 0.1) is 0 Å². The Bertz CT molecular complexity index is 268. The molecular weight excluding hydrogens is 170 g/mol. The highest BCUT2D eigenvalue weighted by Crippen LogP contribution is 2.28. The minimum absolute atomic E-state index is 0.731. The number of hydrogen-bond donors (Lipinski definition) is 1. The molecule has 0 radical (unpaired) electrons. The molecule has 1 nitrogen and oxygen atoms in total. The molecule has 1 aromatic carbocycles. The maximum atomic E-state index is 3.57. The summed E-state index contributed by atoms with van der Waals surface area (Å²) in [7, 11) is 0. The molecule has 76 valence electrons. The zero-order valence-corrected chi connectivity index (χ0v) is 8.87. The van der Waals surface area contributed by atoms with Gasteiger partial charge < -0.3 is 5.32 Å². The van der Waals surface area contributed by atoms with Crippen LogP contribution in [0.25, 0.3) is 0 Å². The van der Waals surface area contributed by atoms with Crippen LogP contribution < -0.4 is 5.32 Å². The van der Waals surface area contributed by atoms with Crippen molar-refractivity contribution < 1.29 is 0 Å². The highest BCUT2D eigenvalue weighted by atomic mass is 14.9. The minimum atomic E-state index is 0.731. The minimum Gasteiger partial charge on any atom is -0.314 e. The summed E-state index contributed by atoms with van der Waals surface area (Å²) in [6.07, 6.45) is 3.85. The quantitative estimate of drug-likeness (QED) is 0.754. The van der Waals surface area contributed by atoms with Gasteiger partial charge in [-0.2, -0.15) is 0 Å². The van der Waals surface area contributed by atoms with Gasteiger partial charge in [-0.1, -0.05) is 37.3 Å². The summed E-state index contributed by atoms with van der Waals surface area (Å²) in [4.78, 5) is 0. The predicted molar refractivity (Wildman–Crippen MR) is 60.5 cm³/mol. The second-order valence-electron chi connectivity index (χ2n) is 4.19. The summed E-state index contributed by atoms with van der Waals surface area (Å²) >= 11 is 0. The maximum Gasteiger partial charge on any atom is 0.00702 e. The Hall–Kier alpha value is -0.820. The van der Waals surface area contributed by atoms with Gasteiger partial charge in [-0.3, -0.25) is 0 Å². The fourth-order valence-electron chi connectivity index (χ4n) is 2.35. The normalized spacial score (nSPS) is 27.5. The first-order chi connectivity index (χ1) is 6.90. The van der Waals surface area contributed by atoms with E-state index in [2.05, 4.69) is 42.6 Å². The second-order valence-corrected chi connectivity index (χ2v) is 4.19. The van der Waals surface area contributed by atoms with E-state index >= 15 is 0 Å². The van der Waals surface area contributed by atoms with Crippen molar-refractivity contribution in [3.05, 3.63) is 35.9 Å². The van der Waals surface area contributed by atoms with Crippen molar-refractivity contribution in [2.24, 2.45) is 0 Å². The topological polar surface area (TPSA) is 12.0 Å². The Balaban J connectivity index is 2.04. The fourth-order valence-corrected chi connectivity index (χ4v) is 2.35. The van der Waals surface area contributed by atoms with Crippen LogP contribution >= 0.6 is 0 Å². The zero-order chi connectivity index (χ0) is 9.80. The number of rotatable bonds is 2. The molecule has 0 amide bonds. The van der Waals surface area contributed by atoms with Crippen LogP contribution in [0.4, 0.5) is 0 Å². The Labute approximate surface area is 86.5 Å². The Morgan fingerprint density at radius 2 is 2.07 bits per heavy atom. The molecule has 1 N–H and O–H groups in total. The van der Waals surface area contributed by atoms with E-state index in [4.69, 9.17) is 0 Å². The van der Waals surface area contributed by atoms with Crippen LogP contribution in [0.5, 0.6) is 0 Å². The van der Waals surface area contributed by atoms with Gasteiger partial charge in [0, 0.05) is 6.04 Å². The van der Waals surface area contributed by atoms with Crippen molar-refractivity contribution in [3.63, 3.8) is 0 Å². The first-order valence-electron chi connectivity index (χ1n) is 5.68. The monoisotopic (exact) mass is 189 g/mol. The maximum absolute atomic E-state index is 3.57. The fraction of sp³-hybridized carbons (Fsp3) is 0.538. The van der Waals surface area contributed by atoms with Gasteiger partial charge in [0.1, 0.15) is 0 Å². The van der Waals surface area contributed by atoms with Gasteiger partial charge in [0.25, 0.3) is 0 Å². The largest absolute Gasteiger partial charge is 0.314 e. The molecule has 1 saturated heterocycles. The average molecular weight is 189 g/mol. The molecule has 0 aliphatic carbocycles. The van der Waals surface area contributed by atoms with E-state index < -0.39 is 0 Å². The molecule has 1 fully saturated rings. The number of piperidine rings is 1. The van der Waals surface area contributed by atoms with Gasteiger partial charge in [-0.05, 0) is 37.3 Å². The average Bonchev–Trinajstić information content (AvgIpc) is 2.30. The molecular formula is C13H19N. The van der Waals surface area contributed by atoms with Crippen LogP contribution in [-0.4, -0.2) is 12.6 Å². The van der Waals surface area contributed by atoms with Crippen LogP contribution in [0, 0.1) is 0 Å². The summed E-state index contributed by atoms with van der Waals surface area (Å²) < 4.78 is 0. The molecule has 0 bridgehead atoms. The smallest absolute Gasteiger partial charge is 0.00702 e. The molecule has 0 unspecified atom stereocenters. The lowest BCUT2D eigenvalue weighted by Gasteiger charge is -2.30. The Morgan fingerprint density at radius 1 is 1.29 bits per heavy atom. The molecule has 2 atom stereocenters. The molecule has 0 aromatic heterocycles. The van der Waals surface area contributed by atoms with Gasteiger partial charge >= 0.3 is 0 Å². The standard InChI is InChI=1S/C13H19N/c1-2-13-10-12(8-9-14-13)11-6-4-3-5-7-11/h3-7,12-14H,2,8-10H2,1H3/t12-,13+/m0/s1. The zero-order valence-electron chi connectivity index (χ0n) is 8.87. The number of nitrogens with one attached hydrogen (secondary N) is 1. The van der Waals surface area contributed by atoms with E-state index in [1.807, 2.05) is 0 Å². The van der Waals surface area contributed by atoms with E-state index in [9.17, 15) is 0 Å². The van der Waals surface area contributed by atoms with E-state index in [1.165, 1.54) is 31.4 Å². The molecule has 0 spiro atoms. The first-order valence-corrected chi connectivity index (χ1v) is 5.68. The lowest BCUT2D eigenvalue weighted by Crippen LogP contribution is -2.36. The van der Waals surface area contributed by atoms with Gasteiger partial charge in [-0.25, -0.2) is 0 Å². The third kappa shape index (κ3) is 2.16. The summed E-state index contributed by atoms with van der Waals surface area (Å²) in [5, 5.41) is 3.57. The first kappa shape index (κ1) is 9.72. The second kappa shape index (κ2) is 4.61. The van der Waals surface area contributed by atoms with Crippen LogP contribution in [0.15, 0.2) is 30.3 Å². The highest BCUT2D eigenvalue weighted by Gasteiger charge is 2.20. The van der Waals surface area contributed by atoms with E-state index in [-0.39, 0.29) is 0 Å². The molecule has 2 rings (SSSR count). The van der Waals surface area contributed by atoms with Gasteiger partial charge in [0.2, 0.25) is 0 Å². The molecule has 1 aromatic rings. The lowest BCUT2D eigenvalue weighted by molar-refractivity contribution is 0.355. The number of benzene rings is 1. The SMILES string of the molecule is CC[C@@H]1C[C@@H](c2ccccc2)CCN1. The molecule has 1 heteroatoms. The number of hydrogen-bond acceptors (Lipinski definition) is 1. The summed E-state index contributed by atoms with van der Waals surface area (Å²) in [5.41, 5.74) is 1.52. The van der Waals surface area contributed by atoms with Gasteiger partial charge in [0.15, 0.2) is 0 Å². The lowest BCUT2D eigenvalue weighted by atomic mass is 9.86. The predicted octanol–water partition coefficient (Wildman–Crippen LogP) is 2.93. The molecule has 1 heterocycles. The third-order valence-electron chi connectivity index (χ3n) is 3.26. The van der Waals surface area contributed by atoms with Crippen molar-refractivity contribution in [1.82, 2.24) is 5.32 Å². The Morgan fingerprint density at radius 3 is 2.79 bits per heavy atom. The molecule has 1 aliphatic rings. The molecule has 14 heavy (non-hydrogen) atoms. The summed E-state index contributed by atoms with van der Waals surface area (Å²) in [5.74, 6) is 0.780. The molecule has 1 aliphatic heterocycles. The van der Waals surface area contributed by atoms with E-state index in [1.54, 1.807) is 0 Å².